The SMILES string of the molecule is CNC(=O)c1c(O)c(=O)cc(CCS(=O)(=O)c2ccccc2Cl)n1C. The third-order valence-corrected chi connectivity index (χ3v) is 5.97. The van der Waals surface area contributed by atoms with Crippen LogP contribution in [0.5, 0.6) is 5.75 Å². The molecule has 2 N–H and O–H groups in total. The summed E-state index contributed by atoms with van der Waals surface area (Å²) in [7, 11) is -0.843. The molecule has 2 rings (SSSR count). The van der Waals surface area contributed by atoms with Crippen molar-refractivity contribution in [2.45, 2.75) is 11.3 Å². The first-order valence-electron chi connectivity index (χ1n) is 7.30. The van der Waals surface area contributed by atoms with Gasteiger partial charge in [-0.05, 0) is 12.1 Å². The molecule has 0 spiro atoms. The Hall–Kier alpha value is -2.32. The van der Waals surface area contributed by atoms with Gasteiger partial charge in [0.2, 0.25) is 5.43 Å². The maximum atomic E-state index is 12.5. The highest BCUT2D eigenvalue weighted by molar-refractivity contribution is 7.91. The van der Waals surface area contributed by atoms with Gasteiger partial charge in [-0.1, -0.05) is 23.7 Å². The molecule has 0 aliphatic carbocycles. The summed E-state index contributed by atoms with van der Waals surface area (Å²) in [5.74, 6) is -1.63. The number of pyridine rings is 1. The summed E-state index contributed by atoms with van der Waals surface area (Å²) >= 11 is 5.93. The van der Waals surface area contributed by atoms with Crippen molar-refractivity contribution in [2.75, 3.05) is 12.8 Å². The van der Waals surface area contributed by atoms with Crippen molar-refractivity contribution in [1.29, 1.82) is 0 Å². The Morgan fingerprint density at radius 3 is 2.56 bits per heavy atom. The van der Waals surface area contributed by atoms with Gasteiger partial charge in [0.25, 0.3) is 5.91 Å². The van der Waals surface area contributed by atoms with Gasteiger partial charge in [0, 0.05) is 32.3 Å². The Kier molecular flexibility index (Phi) is 5.54. The number of aromatic hydroxyl groups is 1. The molecule has 1 aromatic heterocycles. The lowest BCUT2D eigenvalue weighted by Gasteiger charge is -2.15. The van der Waals surface area contributed by atoms with E-state index in [4.69, 9.17) is 11.6 Å². The Balaban J connectivity index is 2.39. The minimum Gasteiger partial charge on any atom is -0.503 e. The third-order valence-electron chi connectivity index (χ3n) is 3.76. The lowest BCUT2D eigenvalue weighted by molar-refractivity contribution is 0.0950. The minimum atomic E-state index is -3.68. The fourth-order valence-electron chi connectivity index (χ4n) is 2.40. The highest BCUT2D eigenvalue weighted by Crippen LogP contribution is 2.22. The molecule has 0 aliphatic rings. The van der Waals surface area contributed by atoms with Crippen molar-refractivity contribution < 1.29 is 18.3 Å². The highest BCUT2D eigenvalue weighted by atomic mass is 35.5. The molecule has 1 aromatic carbocycles. The number of amides is 1. The molecule has 1 heterocycles. The summed E-state index contributed by atoms with van der Waals surface area (Å²) in [5, 5.41) is 12.3. The quantitative estimate of drug-likeness (QED) is 0.803. The summed E-state index contributed by atoms with van der Waals surface area (Å²) in [6.07, 6.45) is -0.0242. The molecule has 1 amide bonds. The Morgan fingerprint density at radius 1 is 1.32 bits per heavy atom. The van der Waals surface area contributed by atoms with E-state index in [9.17, 15) is 23.1 Å². The van der Waals surface area contributed by atoms with Crippen molar-refractivity contribution in [1.82, 2.24) is 9.88 Å². The maximum absolute atomic E-state index is 12.5. The fourth-order valence-corrected chi connectivity index (χ4v) is 4.24. The van der Waals surface area contributed by atoms with E-state index in [0.29, 0.717) is 5.69 Å². The number of carbonyl (C=O) groups is 1. The number of halogens is 1. The van der Waals surface area contributed by atoms with Crippen LogP contribution in [0, 0.1) is 0 Å². The molecule has 134 valence electrons. The number of hydrogen-bond acceptors (Lipinski definition) is 5. The van der Waals surface area contributed by atoms with Gasteiger partial charge in [0.1, 0.15) is 0 Å². The average molecular weight is 385 g/mol. The predicted molar refractivity (Wildman–Crippen MR) is 93.9 cm³/mol. The average Bonchev–Trinajstić information content (AvgIpc) is 2.57. The van der Waals surface area contributed by atoms with Crippen molar-refractivity contribution in [3.63, 3.8) is 0 Å². The van der Waals surface area contributed by atoms with E-state index >= 15 is 0 Å². The lowest BCUT2D eigenvalue weighted by atomic mass is 10.2. The first-order valence-corrected chi connectivity index (χ1v) is 9.33. The van der Waals surface area contributed by atoms with E-state index in [1.807, 2.05) is 0 Å². The normalized spacial score (nSPS) is 11.3. The molecule has 2 aromatic rings. The van der Waals surface area contributed by atoms with Gasteiger partial charge >= 0.3 is 0 Å². The largest absolute Gasteiger partial charge is 0.503 e. The van der Waals surface area contributed by atoms with Gasteiger partial charge in [-0.3, -0.25) is 9.59 Å². The maximum Gasteiger partial charge on any atom is 0.271 e. The van der Waals surface area contributed by atoms with Crippen LogP contribution in [0.25, 0.3) is 0 Å². The Bertz CT molecular complexity index is 983. The van der Waals surface area contributed by atoms with E-state index in [1.165, 1.54) is 30.8 Å². The standard InChI is InChI=1S/C16H17ClN2O5S/c1-18-16(22)14-15(21)12(20)9-10(19(14)2)7-8-25(23,24)13-6-4-3-5-11(13)17/h3-6,9,21H,7-8H2,1-2H3,(H,18,22). The summed E-state index contributed by atoms with van der Waals surface area (Å²) < 4.78 is 26.2. The fraction of sp³-hybridized carbons (Fsp3) is 0.250. The molecule has 0 unspecified atom stereocenters. The number of aryl methyl sites for hydroxylation is 1. The van der Waals surface area contributed by atoms with Crippen molar-refractivity contribution in [3.05, 3.63) is 57.0 Å². The molecule has 0 radical (unpaired) electrons. The molecule has 25 heavy (non-hydrogen) atoms. The van der Waals surface area contributed by atoms with E-state index in [1.54, 1.807) is 12.1 Å². The zero-order valence-corrected chi connectivity index (χ0v) is 15.2. The van der Waals surface area contributed by atoms with Crippen LogP contribution >= 0.6 is 11.6 Å². The molecule has 0 bridgehead atoms. The molecule has 9 heteroatoms. The van der Waals surface area contributed by atoms with E-state index in [2.05, 4.69) is 5.32 Å². The van der Waals surface area contributed by atoms with Crippen LogP contribution < -0.4 is 10.7 Å². The van der Waals surface area contributed by atoms with Crippen molar-refractivity contribution >= 4 is 27.3 Å². The van der Waals surface area contributed by atoms with E-state index < -0.39 is 26.9 Å². The topological polar surface area (TPSA) is 105 Å². The first kappa shape index (κ1) is 19.0. The smallest absolute Gasteiger partial charge is 0.271 e. The lowest BCUT2D eigenvalue weighted by Crippen LogP contribution is -2.27. The number of nitrogens with one attached hydrogen (secondary N) is 1. The van der Waals surface area contributed by atoms with Gasteiger partial charge in [-0.25, -0.2) is 8.42 Å². The van der Waals surface area contributed by atoms with Crippen LogP contribution in [0.15, 0.2) is 40.0 Å². The molecular weight excluding hydrogens is 368 g/mol. The number of benzene rings is 1. The zero-order valence-electron chi connectivity index (χ0n) is 13.6. The van der Waals surface area contributed by atoms with Crippen molar-refractivity contribution in [3.8, 4) is 5.75 Å². The van der Waals surface area contributed by atoms with Crippen LogP contribution in [0.2, 0.25) is 5.02 Å². The zero-order chi connectivity index (χ0) is 18.8. The van der Waals surface area contributed by atoms with Gasteiger partial charge < -0.3 is 15.0 Å². The molecule has 0 aliphatic heterocycles. The predicted octanol–water partition coefficient (Wildman–Crippen LogP) is 1.12. The van der Waals surface area contributed by atoms with E-state index in [-0.39, 0.29) is 27.8 Å². The van der Waals surface area contributed by atoms with Gasteiger partial charge in [0.05, 0.1) is 15.7 Å². The molecule has 0 saturated carbocycles. The molecular formula is C16H17ClN2O5S. The molecule has 7 nitrogen and oxygen atoms in total. The molecule has 0 saturated heterocycles. The van der Waals surface area contributed by atoms with Gasteiger partial charge in [-0.15, -0.1) is 0 Å². The van der Waals surface area contributed by atoms with Crippen molar-refractivity contribution in [2.24, 2.45) is 7.05 Å². The summed E-state index contributed by atoms with van der Waals surface area (Å²) in [6.45, 7) is 0. The summed E-state index contributed by atoms with van der Waals surface area (Å²) in [5.41, 5.74) is -0.668. The van der Waals surface area contributed by atoms with E-state index in [0.717, 1.165) is 6.07 Å². The van der Waals surface area contributed by atoms with Crippen LogP contribution in [-0.2, 0) is 23.3 Å². The van der Waals surface area contributed by atoms with Gasteiger partial charge in [-0.2, -0.15) is 0 Å². The number of nitrogens with zero attached hydrogens (tertiary/aromatic N) is 1. The Morgan fingerprint density at radius 2 is 1.96 bits per heavy atom. The number of hydrogen-bond donors (Lipinski definition) is 2. The minimum absolute atomic E-state index is 0.00645. The van der Waals surface area contributed by atoms with Crippen LogP contribution in [0.4, 0.5) is 0 Å². The number of sulfone groups is 1. The second-order valence-electron chi connectivity index (χ2n) is 5.33. The van der Waals surface area contributed by atoms with Crippen LogP contribution in [-0.4, -0.2) is 36.8 Å². The highest BCUT2D eigenvalue weighted by Gasteiger charge is 2.21. The number of carbonyl (C=O) groups excluding carboxylic acids is 1. The Labute approximate surface area is 149 Å². The third kappa shape index (κ3) is 3.85. The first-order chi connectivity index (χ1) is 11.7. The van der Waals surface area contributed by atoms with Gasteiger partial charge in [0.15, 0.2) is 21.3 Å². The molecule has 0 fully saturated rings. The second kappa shape index (κ2) is 7.28. The monoisotopic (exact) mass is 384 g/mol. The summed E-state index contributed by atoms with van der Waals surface area (Å²) in [4.78, 5) is 23.7. The number of aromatic nitrogens is 1. The number of rotatable bonds is 5. The van der Waals surface area contributed by atoms with Crippen LogP contribution in [0.1, 0.15) is 16.2 Å². The summed E-state index contributed by atoms with van der Waals surface area (Å²) in [6, 6.07) is 7.20. The van der Waals surface area contributed by atoms with Crippen LogP contribution in [0.3, 0.4) is 0 Å². The molecule has 0 atom stereocenters. The second-order valence-corrected chi connectivity index (χ2v) is 7.82.